The Morgan fingerprint density at radius 1 is 1.13 bits per heavy atom. The first-order valence-electron chi connectivity index (χ1n) is 11.7. The van der Waals surface area contributed by atoms with E-state index in [0.29, 0.717) is 5.69 Å². The summed E-state index contributed by atoms with van der Waals surface area (Å²) in [4.78, 5) is 68.5. The number of carbonyl (C=O) groups excluding carboxylic acids is 4. The van der Waals surface area contributed by atoms with Gasteiger partial charge in [-0.05, 0) is 24.1 Å². The molecular weight excluding hydrogens is 494 g/mol. The fraction of sp³-hybridized carbons (Fsp3) is 0.231. The molecule has 3 amide bonds. The van der Waals surface area contributed by atoms with Crippen LogP contribution in [0.25, 0.3) is 0 Å². The first-order valence-corrected chi connectivity index (χ1v) is 11.7. The average molecular weight is 517 g/mol. The van der Waals surface area contributed by atoms with Crippen LogP contribution in [0.5, 0.6) is 0 Å². The number of nitro benzene ring substituents is 1. The summed E-state index contributed by atoms with van der Waals surface area (Å²) < 4.78 is 5.02. The van der Waals surface area contributed by atoms with Crippen LogP contribution in [0.1, 0.15) is 19.4 Å². The molecule has 0 saturated carbocycles. The summed E-state index contributed by atoms with van der Waals surface area (Å²) in [5.41, 5.74) is 3.43. The summed E-state index contributed by atoms with van der Waals surface area (Å²) in [6.07, 6.45) is 0. The Kier molecular flexibility index (Phi) is 5.55. The van der Waals surface area contributed by atoms with Crippen molar-refractivity contribution in [1.29, 1.82) is 0 Å². The number of imide groups is 1. The molecule has 0 aromatic heterocycles. The number of para-hydroxylation sites is 1. The Bertz CT molecular complexity index is 1510. The molecule has 1 atom stereocenters. The Balaban J connectivity index is 1.93. The van der Waals surface area contributed by atoms with E-state index in [9.17, 15) is 29.3 Å². The van der Waals surface area contributed by atoms with E-state index >= 15 is 0 Å². The van der Waals surface area contributed by atoms with Gasteiger partial charge in [0.15, 0.2) is 0 Å². The fourth-order valence-corrected chi connectivity index (χ4v) is 5.29. The zero-order chi connectivity index (χ0) is 27.5. The molecule has 2 aromatic carbocycles. The molecule has 12 nitrogen and oxygen atoms in total. The number of rotatable bonds is 5. The molecule has 38 heavy (non-hydrogen) atoms. The highest BCUT2D eigenvalue weighted by Gasteiger charge is 2.66. The van der Waals surface area contributed by atoms with Crippen molar-refractivity contribution in [2.24, 2.45) is 11.7 Å². The van der Waals surface area contributed by atoms with Crippen molar-refractivity contribution >= 4 is 40.8 Å². The Morgan fingerprint density at radius 3 is 2.42 bits per heavy atom. The topological polar surface area (TPSA) is 165 Å². The van der Waals surface area contributed by atoms with Crippen LogP contribution in [0.3, 0.4) is 0 Å². The van der Waals surface area contributed by atoms with E-state index in [1.807, 2.05) is 13.8 Å². The average Bonchev–Trinajstić information content (AvgIpc) is 3.30. The molecular formula is C26H23N5O7. The van der Waals surface area contributed by atoms with Crippen LogP contribution >= 0.6 is 0 Å². The summed E-state index contributed by atoms with van der Waals surface area (Å²) in [7, 11) is 1.08. The van der Waals surface area contributed by atoms with Crippen LogP contribution in [0, 0.1) is 16.0 Å². The number of ether oxygens (including phenoxy) is 1. The van der Waals surface area contributed by atoms with E-state index in [-0.39, 0.29) is 46.5 Å². The second-order valence-electron chi connectivity index (χ2n) is 9.45. The highest BCUT2D eigenvalue weighted by Crippen LogP contribution is 2.56. The predicted octanol–water partition coefficient (Wildman–Crippen LogP) is 1.93. The molecule has 12 heteroatoms. The van der Waals surface area contributed by atoms with E-state index in [1.165, 1.54) is 17.0 Å². The summed E-state index contributed by atoms with van der Waals surface area (Å²) in [6, 6.07) is 11.9. The molecule has 0 radical (unpaired) electrons. The van der Waals surface area contributed by atoms with E-state index in [1.54, 1.807) is 30.3 Å². The molecule has 3 aliphatic rings. The third-order valence-electron chi connectivity index (χ3n) is 6.77. The van der Waals surface area contributed by atoms with Crippen LogP contribution < -0.4 is 16.0 Å². The summed E-state index contributed by atoms with van der Waals surface area (Å²) in [5, 5.41) is 14.3. The normalized spacial score (nSPS) is 20.4. The number of anilines is 2. The van der Waals surface area contributed by atoms with Gasteiger partial charge in [-0.3, -0.25) is 34.3 Å². The Hall–Kier alpha value is -5.00. The lowest BCUT2D eigenvalue weighted by atomic mass is 9.66. The number of hydrogen-bond donors (Lipinski definition) is 2. The lowest BCUT2D eigenvalue weighted by Gasteiger charge is -2.39. The molecule has 0 aliphatic carbocycles. The minimum atomic E-state index is -2.27. The first-order chi connectivity index (χ1) is 18.0. The molecule has 0 fully saturated rings. The summed E-state index contributed by atoms with van der Waals surface area (Å²) >= 11 is 0. The second-order valence-corrected chi connectivity index (χ2v) is 9.45. The quantitative estimate of drug-likeness (QED) is 0.261. The molecule has 0 saturated heterocycles. The predicted molar refractivity (Wildman–Crippen MR) is 134 cm³/mol. The lowest BCUT2D eigenvalue weighted by Crippen LogP contribution is -2.51. The lowest BCUT2D eigenvalue weighted by molar-refractivity contribution is -0.384. The van der Waals surface area contributed by atoms with Gasteiger partial charge >= 0.3 is 5.97 Å². The maximum Gasteiger partial charge on any atom is 0.339 e. The Labute approximate surface area is 216 Å². The molecule has 194 valence electrons. The highest BCUT2D eigenvalue weighted by atomic mass is 16.6. The Morgan fingerprint density at radius 2 is 1.82 bits per heavy atom. The third kappa shape index (κ3) is 3.16. The zero-order valence-corrected chi connectivity index (χ0v) is 20.7. The highest BCUT2D eigenvalue weighted by molar-refractivity contribution is 6.31. The van der Waals surface area contributed by atoms with Crippen LogP contribution in [0.15, 0.2) is 71.2 Å². The van der Waals surface area contributed by atoms with Gasteiger partial charge in [0.25, 0.3) is 17.5 Å². The van der Waals surface area contributed by atoms with Crippen LogP contribution in [-0.4, -0.2) is 47.2 Å². The first kappa shape index (κ1) is 24.7. The molecule has 3 N–H and O–H groups in total. The van der Waals surface area contributed by atoms with Crippen molar-refractivity contribution in [2.45, 2.75) is 19.3 Å². The number of nitro groups is 1. The molecule has 0 bridgehead atoms. The van der Waals surface area contributed by atoms with Gasteiger partial charge in [-0.2, -0.15) is 0 Å². The van der Waals surface area contributed by atoms with Crippen molar-refractivity contribution in [3.63, 3.8) is 0 Å². The number of carbonyl (C=O) groups is 4. The van der Waals surface area contributed by atoms with Gasteiger partial charge < -0.3 is 15.8 Å². The van der Waals surface area contributed by atoms with Gasteiger partial charge in [0.2, 0.25) is 5.91 Å². The van der Waals surface area contributed by atoms with Crippen molar-refractivity contribution in [1.82, 2.24) is 4.90 Å². The van der Waals surface area contributed by atoms with E-state index < -0.39 is 39.6 Å². The smallest absolute Gasteiger partial charge is 0.339 e. The molecule has 3 heterocycles. The largest absolute Gasteiger partial charge is 0.466 e. The minimum absolute atomic E-state index is 0.0280. The van der Waals surface area contributed by atoms with Gasteiger partial charge in [0.05, 0.1) is 17.6 Å². The molecule has 3 aliphatic heterocycles. The number of nitrogens with one attached hydrogen (secondary N) is 1. The van der Waals surface area contributed by atoms with Gasteiger partial charge in [-0.25, -0.2) is 4.79 Å². The molecule has 1 spiro atoms. The second kappa shape index (κ2) is 8.54. The van der Waals surface area contributed by atoms with Crippen LogP contribution in [0.2, 0.25) is 0 Å². The number of benzene rings is 2. The van der Waals surface area contributed by atoms with Crippen LogP contribution in [-0.2, 0) is 29.3 Å². The SMILES string of the molecule is COC(=O)C1=C(N)N(c2ccccc2)C2=C(C(=O)N(CC(C)C)C2=O)[C@]12C(=O)Nc1ccc([N+](=O)[O-])cc12. The summed E-state index contributed by atoms with van der Waals surface area (Å²) in [5.74, 6) is -3.84. The number of amides is 3. The van der Waals surface area contributed by atoms with Gasteiger partial charge in [-0.1, -0.05) is 32.0 Å². The van der Waals surface area contributed by atoms with Crippen molar-refractivity contribution in [3.05, 3.63) is 86.9 Å². The number of non-ortho nitro benzene ring substituents is 1. The summed E-state index contributed by atoms with van der Waals surface area (Å²) in [6.45, 7) is 3.66. The molecule has 0 unspecified atom stereocenters. The van der Waals surface area contributed by atoms with Crippen LogP contribution in [0.4, 0.5) is 17.1 Å². The van der Waals surface area contributed by atoms with Crippen molar-refractivity contribution in [2.75, 3.05) is 23.9 Å². The maximum atomic E-state index is 14.1. The standard InChI is InChI=1S/C26H23N5O7/c1-13(2)12-29-22(32)18-20(23(29)33)30(14-7-5-4-6-8-14)21(27)19(24(34)38-3)26(18)16-11-15(31(36)37)9-10-17(16)28-25(26)35/h4-11,13H,12,27H2,1-3H3,(H,28,35)/t26-/m0/s1. The fourth-order valence-electron chi connectivity index (χ4n) is 5.29. The van der Waals surface area contributed by atoms with Crippen molar-refractivity contribution in [3.8, 4) is 0 Å². The minimum Gasteiger partial charge on any atom is -0.466 e. The van der Waals surface area contributed by atoms with Gasteiger partial charge in [0, 0.05) is 35.6 Å². The zero-order valence-electron chi connectivity index (χ0n) is 20.7. The number of nitrogens with zero attached hydrogens (tertiary/aromatic N) is 3. The van der Waals surface area contributed by atoms with Gasteiger partial charge in [-0.15, -0.1) is 0 Å². The number of esters is 1. The maximum absolute atomic E-state index is 14.1. The van der Waals surface area contributed by atoms with E-state index in [2.05, 4.69) is 5.32 Å². The number of nitrogens with two attached hydrogens (primary N) is 1. The third-order valence-corrected chi connectivity index (χ3v) is 6.77. The van der Waals surface area contributed by atoms with E-state index in [4.69, 9.17) is 10.5 Å². The molecule has 5 rings (SSSR count). The van der Waals surface area contributed by atoms with E-state index in [0.717, 1.165) is 18.1 Å². The number of methoxy groups -OCH3 is 1. The number of hydrogen-bond acceptors (Lipinski definition) is 9. The van der Waals surface area contributed by atoms with Gasteiger partial charge in [0.1, 0.15) is 22.5 Å². The molecule has 2 aromatic rings. The number of fused-ring (bicyclic) bond motifs is 3. The monoisotopic (exact) mass is 517 g/mol. The van der Waals surface area contributed by atoms with Crippen molar-refractivity contribution < 1.29 is 28.8 Å².